The number of rotatable bonds is 4. The van der Waals surface area contributed by atoms with Crippen molar-refractivity contribution in [2.75, 3.05) is 6.61 Å². The number of hydrogen-bond acceptors (Lipinski definition) is 2. The summed E-state index contributed by atoms with van der Waals surface area (Å²) in [7, 11) is 0. The Morgan fingerprint density at radius 3 is 2.31 bits per heavy atom. The van der Waals surface area contributed by atoms with Crippen LogP contribution in [0.1, 0.15) is 12.8 Å². The second kappa shape index (κ2) is 5.68. The van der Waals surface area contributed by atoms with Crippen LogP contribution in [0.5, 0.6) is 5.75 Å². The molecule has 0 aliphatic heterocycles. The monoisotopic (exact) mass is 554 g/mol. The topological polar surface area (TPSA) is 26.3 Å². The van der Waals surface area contributed by atoms with E-state index in [1.54, 1.807) is 0 Å². The minimum atomic E-state index is 0.220. The van der Waals surface area contributed by atoms with E-state index in [1.807, 2.05) is 0 Å². The highest BCUT2D eigenvalue weighted by Crippen LogP contribution is 2.32. The maximum absolute atomic E-state index is 11.5. The van der Waals surface area contributed by atoms with E-state index in [4.69, 9.17) is 4.74 Å². The van der Waals surface area contributed by atoms with Gasteiger partial charge in [0.05, 0.1) is 7.14 Å². The molecule has 0 radical (unpaired) electrons. The zero-order chi connectivity index (χ0) is 11.7. The Hall–Kier alpha value is 0.880. The Morgan fingerprint density at radius 2 is 1.81 bits per heavy atom. The van der Waals surface area contributed by atoms with Crippen LogP contribution >= 0.6 is 67.8 Å². The van der Waals surface area contributed by atoms with Crippen molar-refractivity contribution in [2.45, 2.75) is 12.8 Å². The van der Waals surface area contributed by atoms with E-state index in [0.717, 1.165) is 25.7 Å². The van der Waals surface area contributed by atoms with Crippen molar-refractivity contribution in [3.05, 3.63) is 22.8 Å². The molecular weight excluding hydrogens is 545 g/mol. The van der Waals surface area contributed by atoms with Crippen LogP contribution in [-0.2, 0) is 4.79 Å². The number of benzene rings is 1. The maximum atomic E-state index is 11.5. The number of halogens is 3. The summed E-state index contributed by atoms with van der Waals surface area (Å²) in [6, 6.07) is 4.11. The molecule has 0 unspecified atom stereocenters. The predicted molar refractivity (Wildman–Crippen MR) is 87.8 cm³/mol. The van der Waals surface area contributed by atoms with Gasteiger partial charge in [0.2, 0.25) is 0 Å². The van der Waals surface area contributed by atoms with Gasteiger partial charge in [-0.15, -0.1) is 0 Å². The summed E-state index contributed by atoms with van der Waals surface area (Å²) in [6.45, 7) is 0.220. The van der Waals surface area contributed by atoms with Crippen LogP contribution in [0.3, 0.4) is 0 Å². The number of Topliss-reactive ketones (excluding diaryl/α,β-unsaturated/α-hetero) is 1. The fraction of sp³-hybridized carbons (Fsp3) is 0.364. The van der Waals surface area contributed by atoms with E-state index < -0.39 is 0 Å². The SMILES string of the molecule is O=C(COc1c(I)cc(I)cc1I)C1CC1. The van der Waals surface area contributed by atoms with Gasteiger partial charge >= 0.3 is 0 Å². The molecule has 0 saturated heterocycles. The second-order valence-electron chi connectivity index (χ2n) is 3.73. The highest BCUT2D eigenvalue weighted by molar-refractivity contribution is 14.1. The van der Waals surface area contributed by atoms with E-state index in [2.05, 4.69) is 79.9 Å². The van der Waals surface area contributed by atoms with E-state index in [9.17, 15) is 4.79 Å². The van der Waals surface area contributed by atoms with Crippen LogP contribution in [0, 0.1) is 16.6 Å². The highest BCUT2D eigenvalue weighted by Gasteiger charge is 2.29. The Bertz CT molecular complexity index is 404. The van der Waals surface area contributed by atoms with Gasteiger partial charge < -0.3 is 4.74 Å². The third-order valence-electron chi connectivity index (χ3n) is 2.35. The molecule has 1 saturated carbocycles. The van der Waals surface area contributed by atoms with Gasteiger partial charge in [-0.25, -0.2) is 0 Å². The second-order valence-corrected chi connectivity index (χ2v) is 7.30. The van der Waals surface area contributed by atoms with Gasteiger partial charge in [0.15, 0.2) is 5.78 Å². The van der Waals surface area contributed by atoms with Crippen molar-refractivity contribution in [1.82, 2.24) is 0 Å². The van der Waals surface area contributed by atoms with Crippen LogP contribution in [0.25, 0.3) is 0 Å². The van der Waals surface area contributed by atoms with E-state index in [1.165, 1.54) is 3.57 Å². The van der Waals surface area contributed by atoms with Crippen LogP contribution in [0.2, 0.25) is 0 Å². The molecule has 0 amide bonds. The molecule has 86 valence electrons. The normalized spacial score (nSPS) is 14.9. The third-order valence-corrected chi connectivity index (χ3v) is 4.58. The standard InChI is InChI=1S/C11H9I3O2/c12-7-3-8(13)11(9(14)4-7)16-5-10(15)6-1-2-6/h3-4,6H,1-2,5H2. The van der Waals surface area contributed by atoms with Gasteiger partial charge in [-0.05, 0) is 92.7 Å². The van der Waals surface area contributed by atoms with E-state index in [0.29, 0.717) is 0 Å². The van der Waals surface area contributed by atoms with Crippen molar-refractivity contribution in [2.24, 2.45) is 5.92 Å². The minimum Gasteiger partial charge on any atom is -0.484 e. The highest BCUT2D eigenvalue weighted by atomic mass is 127. The minimum absolute atomic E-state index is 0.220. The van der Waals surface area contributed by atoms with Crippen LogP contribution < -0.4 is 4.74 Å². The first-order valence-electron chi connectivity index (χ1n) is 4.88. The van der Waals surface area contributed by atoms with Gasteiger partial charge in [0.1, 0.15) is 12.4 Å². The molecule has 1 aromatic rings. The average molecular weight is 554 g/mol. The molecule has 16 heavy (non-hydrogen) atoms. The molecule has 0 bridgehead atoms. The molecule has 1 aliphatic carbocycles. The number of hydrogen-bond donors (Lipinski definition) is 0. The van der Waals surface area contributed by atoms with Crippen LogP contribution in [0.4, 0.5) is 0 Å². The summed E-state index contributed by atoms with van der Waals surface area (Å²) in [5, 5.41) is 0. The zero-order valence-corrected chi connectivity index (χ0v) is 14.8. The molecule has 0 spiro atoms. The molecule has 1 fully saturated rings. The van der Waals surface area contributed by atoms with Crippen molar-refractivity contribution in [3.63, 3.8) is 0 Å². The first-order valence-corrected chi connectivity index (χ1v) is 8.11. The van der Waals surface area contributed by atoms with Crippen molar-refractivity contribution >= 4 is 73.6 Å². The Morgan fingerprint density at radius 1 is 1.25 bits per heavy atom. The number of carbonyl (C=O) groups excluding carboxylic acids is 1. The summed E-state index contributed by atoms with van der Waals surface area (Å²) in [4.78, 5) is 11.5. The lowest BCUT2D eigenvalue weighted by Crippen LogP contribution is -2.14. The third kappa shape index (κ3) is 3.44. The van der Waals surface area contributed by atoms with Crippen molar-refractivity contribution in [3.8, 4) is 5.75 Å². The molecule has 0 aromatic heterocycles. The number of ketones is 1. The largest absolute Gasteiger partial charge is 0.484 e. The van der Waals surface area contributed by atoms with E-state index >= 15 is 0 Å². The molecule has 2 nitrogen and oxygen atoms in total. The van der Waals surface area contributed by atoms with Crippen LogP contribution in [0.15, 0.2) is 12.1 Å². The lowest BCUT2D eigenvalue weighted by atomic mass is 10.3. The average Bonchev–Trinajstić information content (AvgIpc) is 2.98. The van der Waals surface area contributed by atoms with Gasteiger partial charge in [-0.3, -0.25) is 4.79 Å². The molecule has 2 rings (SSSR count). The Kier molecular flexibility index (Phi) is 4.73. The lowest BCUT2D eigenvalue weighted by molar-refractivity contribution is -0.122. The van der Waals surface area contributed by atoms with Crippen molar-refractivity contribution in [1.29, 1.82) is 0 Å². The summed E-state index contributed by atoms with van der Waals surface area (Å²) in [5.74, 6) is 1.36. The first-order chi connectivity index (χ1) is 7.58. The van der Waals surface area contributed by atoms with Gasteiger partial charge in [-0.1, -0.05) is 0 Å². The van der Waals surface area contributed by atoms with Crippen molar-refractivity contribution < 1.29 is 9.53 Å². The maximum Gasteiger partial charge on any atom is 0.173 e. The molecular formula is C11H9I3O2. The van der Waals surface area contributed by atoms with Crippen LogP contribution in [-0.4, -0.2) is 12.4 Å². The molecule has 5 heteroatoms. The number of ether oxygens (including phenoxy) is 1. The smallest absolute Gasteiger partial charge is 0.173 e. The van der Waals surface area contributed by atoms with Gasteiger partial charge in [0.25, 0.3) is 0 Å². The summed E-state index contributed by atoms with van der Waals surface area (Å²) in [6.07, 6.45) is 2.09. The van der Waals surface area contributed by atoms with E-state index in [-0.39, 0.29) is 18.3 Å². The lowest BCUT2D eigenvalue weighted by Gasteiger charge is -2.10. The zero-order valence-electron chi connectivity index (χ0n) is 8.30. The van der Waals surface area contributed by atoms with Gasteiger partial charge in [-0.2, -0.15) is 0 Å². The molecule has 1 aromatic carbocycles. The fourth-order valence-corrected chi connectivity index (χ4v) is 5.23. The predicted octanol–water partition coefficient (Wildman–Crippen LogP) is 3.86. The molecule has 0 atom stereocenters. The fourth-order valence-electron chi connectivity index (χ4n) is 1.33. The summed E-state index contributed by atoms with van der Waals surface area (Å²) >= 11 is 6.77. The number of carbonyl (C=O) groups is 1. The summed E-state index contributed by atoms with van der Waals surface area (Å²) in [5.41, 5.74) is 0. The molecule has 0 heterocycles. The Balaban J connectivity index is 2.05. The summed E-state index contributed by atoms with van der Waals surface area (Å²) < 4.78 is 8.94. The molecule has 1 aliphatic rings. The molecule has 0 N–H and O–H groups in total. The van der Waals surface area contributed by atoms with Gasteiger partial charge in [0, 0.05) is 9.49 Å². The first kappa shape index (κ1) is 13.3. The quantitative estimate of drug-likeness (QED) is 0.530. The Labute approximate surface area is 135 Å².